The molecule has 0 spiro atoms. The lowest BCUT2D eigenvalue weighted by atomic mass is 9.96. The van der Waals surface area contributed by atoms with Crippen LogP contribution in [-0.2, 0) is 0 Å². The molecule has 1 fully saturated rings. The number of nitrogens with zero attached hydrogens (tertiary/aromatic N) is 2. The monoisotopic (exact) mass is 215 g/mol. The highest BCUT2D eigenvalue weighted by atomic mass is 15.2. The third-order valence-corrected chi connectivity index (χ3v) is 3.58. The Morgan fingerprint density at radius 2 is 2.12 bits per heavy atom. The molecule has 1 aliphatic rings. The number of nitrogens with two attached hydrogens (primary N) is 1. The second-order valence-electron chi connectivity index (χ2n) is 4.83. The Labute approximate surface area is 96.5 Å². The molecule has 0 saturated carbocycles. The van der Waals surface area contributed by atoms with Gasteiger partial charge >= 0.3 is 0 Å². The number of hydrogen-bond acceptors (Lipinski definition) is 3. The van der Waals surface area contributed by atoms with Gasteiger partial charge in [-0.25, -0.2) is 0 Å². The van der Waals surface area contributed by atoms with E-state index in [1.165, 1.54) is 0 Å². The Morgan fingerprint density at radius 3 is 2.69 bits per heavy atom. The lowest BCUT2D eigenvalue weighted by Gasteiger charge is -2.36. The number of hydrogen-bond donors (Lipinski definition) is 1. The van der Waals surface area contributed by atoms with Crippen LogP contribution in [0.2, 0.25) is 0 Å². The van der Waals surface area contributed by atoms with Gasteiger partial charge in [0.2, 0.25) is 0 Å². The maximum Gasteiger partial charge on any atom is 0.101 e. The van der Waals surface area contributed by atoms with Crippen LogP contribution in [0.4, 0.5) is 5.69 Å². The third-order valence-electron chi connectivity index (χ3n) is 3.58. The van der Waals surface area contributed by atoms with E-state index in [9.17, 15) is 0 Å². The van der Waals surface area contributed by atoms with Crippen LogP contribution in [0.5, 0.6) is 0 Å². The van der Waals surface area contributed by atoms with Crippen LogP contribution in [0.15, 0.2) is 24.3 Å². The van der Waals surface area contributed by atoms with Crippen LogP contribution in [0, 0.1) is 11.3 Å². The van der Waals surface area contributed by atoms with Gasteiger partial charge in [0.15, 0.2) is 0 Å². The van der Waals surface area contributed by atoms with E-state index in [-0.39, 0.29) is 11.6 Å². The number of rotatable bonds is 1. The van der Waals surface area contributed by atoms with Gasteiger partial charge in [0.1, 0.15) is 6.07 Å². The molecule has 1 unspecified atom stereocenters. The first-order valence-electron chi connectivity index (χ1n) is 5.59. The van der Waals surface area contributed by atoms with Gasteiger partial charge in [0, 0.05) is 18.1 Å². The highest BCUT2D eigenvalue weighted by molar-refractivity contribution is 5.61. The van der Waals surface area contributed by atoms with E-state index in [0.717, 1.165) is 24.2 Å². The number of para-hydroxylation sites is 1. The summed E-state index contributed by atoms with van der Waals surface area (Å²) in [5.74, 6) is 0. The van der Waals surface area contributed by atoms with E-state index in [1.807, 2.05) is 24.3 Å². The van der Waals surface area contributed by atoms with Gasteiger partial charge in [0.05, 0.1) is 11.3 Å². The third kappa shape index (κ3) is 1.56. The summed E-state index contributed by atoms with van der Waals surface area (Å²) >= 11 is 0. The van der Waals surface area contributed by atoms with E-state index in [1.54, 1.807) is 0 Å². The van der Waals surface area contributed by atoms with Crippen molar-refractivity contribution in [1.82, 2.24) is 0 Å². The fourth-order valence-electron chi connectivity index (χ4n) is 2.34. The maximum absolute atomic E-state index is 9.11. The van der Waals surface area contributed by atoms with Gasteiger partial charge in [0.25, 0.3) is 0 Å². The molecular formula is C13H17N3. The molecule has 1 saturated heterocycles. The van der Waals surface area contributed by atoms with Gasteiger partial charge in [-0.2, -0.15) is 5.26 Å². The Balaban J connectivity index is 2.43. The van der Waals surface area contributed by atoms with Crippen LogP contribution >= 0.6 is 0 Å². The minimum Gasteiger partial charge on any atom is -0.364 e. The molecule has 3 nitrogen and oxygen atoms in total. The topological polar surface area (TPSA) is 53.0 Å². The van der Waals surface area contributed by atoms with Crippen molar-refractivity contribution in [2.24, 2.45) is 5.73 Å². The number of benzene rings is 1. The fraction of sp³-hybridized carbons (Fsp3) is 0.462. The first-order valence-corrected chi connectivity index (χ1v) is 5.59. The summed E-state index contributed by atoms with van der Waals surface area (Å²) in [6.07, 6.45) is 0.979. The van der Waals surface area contributed by atoms with Gasteiger partial charge in [-0.1, -0.05) is 12.1 Å². The first kappa shape index (κ1) is 11.0. The zero-order valence-corrected chi connectivity index (χ0v) is 9.77. The van der Waals surface area contributed by atoms with Crippen molar-refractivity contribution in [2.75, 3.05) is 11.4 Å². The van der Waals surface area contributed by atoms with E-state index in [0.29, 0.717) is 0 Å². The van der Waals surface area contributed by atoms with Gasteiger partial charge in [-0.05, 0) is 32.4 Å². The molecule has 0 bridgehead atoms. The summed E-state index contributed by atoms with van der Waals surface area (Å²) in [6, 6.07) is 10.1. The zero-order valence-electron chi connectivity index (χ0n) is 9.77. The zero-order chi connectivity index (χ0) is 11.8. The average Bonchev–Trinajstić information content (AvgIpc) is 2.54. The second kappa shape index (κ2) is 3.80. The molecule has 1 heterocycles. The standard InChI is InChI=1S/C13H17N3/c1-13(2)12(15)7-8-16(13)11-6-4-3-5-10(11)9-14/h3-6,12H,7-8,15H2,1-2H3. The van der Waals surface area contributed by atoms with Crippen molar-refractivity contribution in [3.05, 3.63) is 29.8 Å². The molecule has 84 valence electrons. The summed E-state index contributed by atoms with van der Waals surface area (Å²) in [6.45, 7) is 5.20. The van der Waals surface area contributed by atoms with Crippen LogP contribution < -0.4 is 10.6 Å². The summed E-state index contributed by atoms with van der Waals surface area (Å²) in [4.78, 5) is 2.25. The predicted octanol–water partition coefficient (Wildman–Crippen LogP) is 1.87. The molecule has 0 radical (unpaired) electrons. The molecule has 0 aromatic heterocycles. The van der Waals surface area contributed by atoms with Crippen LogP contribution in [-0.4, -0.2) is 18.1 Å². The molecule has 2 N–H and O–H groups in total. The van der Waals surface area contributed by atoms with Gasteiger partial charge in [-0.15, -0.1) is 0 Å². The quantitative estimate of drug-likeness (QED) is 0.778. The van der Waals surface area contributed by atoms with Crippen LogP contribution in [0.25, 0.3) is 0 Å². The Hall–Kier alpha value is -1.53. The Kier molecular flexibility index (Phi) is 2.61. The number of anilines is 1. The smallest absolute Gasteiger partial charge is 0.101 e. The predicted molar refractivity (Wildman–Crippen MR) is 65.2 cm³/mol. The maximum atomic E-state index is 9.11. The minimum absolute atomic E-state index is 0.0764. The lowest BCUT2D eigenvalue weighted by Crippen LogP contribution is -2.49. The normalized spacial score (nSPS) is 23.1. The summed E-state index contributed by atoms with van der Waals surface area (Å²) in [5, 5.41) is 9.11. The molecule has 16 heavy (non-hydrogen) atoms. The molecule has 1 aromatic rings. The van der Waals surface area contributed by atoms with E-state index >= 15 is 0 Å². The highest BCUT2D eigenvalue weighted by Gasteiger charge is 2.39. The van der Waals surface area contributed by atoms with E-state index in [2.05, 4.69) is 24.8 Å². The molecule has 1 atom stereocenters. The summed E-state index contributed by atoms with van der Waals surface area (Å²) in [5.41, 5.74) is 7.76. The molecule has 2 rings (SSSR count). The van der Waals surface area contributed by atoms with Gasteiger partial charge in [-0.3, -0.25) is 0 Å². The van der Waals surface area contributed by atoms with Crippen molar-refractivity contribution in [1.29, 1.82) is 5.26 Å². The summed E-state index contributed by atoms with van der Waals surface area (Å²) in [7, 11) is 0. The molecule has 0 amide bonds. The van der Waals surface area contributed by atoms with E-state index < -0.39 is 0 Å². The van der Waals surface area contributed by atoms with Crippen molar-refractivity contribution in [3.63, 3.8) is 0 Å². The SMILES string of the molecule is CC1(C)C(N)CCN1c1ccccc1C#N. The van der Waals surface area contributed by atoms with E-state index in [4.69, 9.17) is 11.0 Å². The lowest BCUT2D eigenvalue weighted by molar-refractivity contribution is 0.453. The van der Waals surface area contributed by atoms with Crippen LogP contribution in [0.1, 0.15) is 25.8 Å². The Bertz CT molecular complexity index is 431. The number of nitriles is 1. The molecule has 0 aliphatic carbocycles. The fourth-order valence-corrected chi connectivity index (χ4v) is 2.34. The molecular weight excluding hydrogens is 198 g/mol. The summed E-state index contributed by atoms with van der Waals surface area (Å²) < 4.78 is 0. The Morgan fingerprint density at radius 1 is 1.44 bits per heavy atom. The first-order chi connectivity index (χ1) is 7.57. The molecule has 1 aromatic carbocycles. The van der Waals surface area contributed by atoms with Crippen molar-refractivity contribution in [3.8, 4) is 6.07 Å². The minimum atomic E-state index is -0.0764. The molecule has 3 heteroatoms. The van der Waals surface area contributed by atoms with Crippen LogP contribution in [0.3, 0.4) is 0 Å². The highest BCUT2D eigenvalue weighted by Crippen LogP contribution is 2.34. The van der Waals surface area contributed by atoms with Crippen molar-refractivity contribution in [2.45, 2.75) is 31.8 Å². The van der Waals surface area contributed by atoms with Crippen molar-refractivity contribution < 1.29 is 0 Å². The molecule has 1 aliphatic heterocycles. The van der Waals surface area contributed by atoms with Crippen molar-refractivity contribution >= 4 is 5.69 Å². The van der Waals surface area contributed by atoms with Gasteiger partial charge < -0.3 is 10.6 Å². The second-order valence-corrected chi connectivity index (χ2v) is 4.83. The average molecular weight is 215 g/mol. The largest absolute Gasteiger partial charge is 0.364 e.